The van der Waals surface area contributed by atoms with Gasteiger partial charge in [0.1, 0.15) is 0 Å². The third-order valence-corrected chi connectivity index (χ3v) is 9.29. The lowest BCUT2D eigenvalue weighted by Gasteiger charge is -2.39. The molecule has 0 unspecified atom stereocenters. The number of benzene rings is 2. The smallest absolute Gasteiger partial charge is 0.261 e. The molecule has 0 aromatic heterocycles. The van der Waals surface area contributed by atoms with Crippen LogP contribution in [0.4, 0.5) is 0 Å². The first kappa shape index (κ1) is 24.3. The van der Waals surface area contributed by atoms with E-state index in [0.29, 0.717) is 38.9 Å². The highest BCUT2D eigenvalue weighted by Gasteiger charge is 2.43. The average Bonchev–Trinajstić information content (AvgIpc) is 2.92. The van der Waals surface area contributed by atoms with Gasteiger partial charge in [0, 0.05) is 45.1 Å². The molecule has 0 atom stereocenters. The quantitative estimate of drug-likeness (QED) is 0.335. The third-order valence-electron chi connectivity index (χ3n) is 9.29. The van der Waals surface area contributed by atoms with Gasteiger partial charge in [0.05, 0.1) is 0 Å². The van der Waals surface area contributed by atoms with E-state index >= 15 is 0 Å². The standard InChI is InChI=1S/C31H36N2O4/c1-2-3-5-8-19-11-13-21(14-12-19)33-30(36)24-17-15-22-26-23(16-18-25(27(24)26)31(33)37)29(35)32(28(22)34)20-9-6-4-7-10-20/h15-21H,2-14H2,1H3. The Kier molecular flexibility index (Phi) is 6.37. The third kappa shape index (κ3) is 3.91. The Hall–Kier alpha value is -3.02. The molecule has 37 heavy (non-hydrogen) atoms. The molecular weight excluding hydrogens is 464 g/mol. The Morgan fingerprint density at radius 3 is 1.46 bits per heavy atom. The zero-order valence-electron chi connectivity index (χ0n) is 21.8. The normalized spacial score (nSPS) is 24.4. The van der Waals surface area contributed by atoms with Crippen LogP contribution in [0.2, 0.25) is 0 Å². The summed E-state index contributed by atoms with van der Waals surface area (Å²) in [6, 6.07) is 6.63. The molecule has 0 bridgehead atoms. The second kappa shape index (κ2) is 9.70. The van der Waals surface area contributed by atoms with E-state index < -0.39 is 0 Å². The number of nitrogens with zero attached hydrogens (tertiary/aromatic N) is 2. The van der Waals surface area contributed by atoms with Crippen LogP contribution in [0.5, 0.6) is 0 Å². The van der Waals surface area contributed by atoms with Crippen LogP contribution in [-0.2, 0) is 0 Å². The van der Waals surface area contributed by atoms with Gasteiger partial charge in [-0.3, -0.25) is 29.0 Å². The molecule has 2 heterocycles. The first-order valence-corrected chi connectivity index (χ1v) is 14.4. The molecule has 2 saturated carbocycles. The Bertz CT molecular complexity index is 1210. The Morgan fingerprint density at radius 1 is 0.595 bits per heavy atom. The maximum Gasteiger partial charge on any atom is 0.261 e. The van der Waals surface area contributed by atoms with Crippen LogP contribution in [0.3, 0.4) is 0 Å². The van der Waals surface area contributed by atoms with Gasteiger partial charge in [-0.2, -0.15) is 0 Å². The van der Waals surface area contributed by atoms with Gasteiger partial charge in [0.15, 0.2) is 0 Å². The molecule has 0 N–H and O–H groups in total. The molecule has 194 valence electrons. The van der Waals surface area contributed by atoms with Crippen molar-refractivity contribution in [1.29, 1.82) is 0 Å². The molecule has 0 saturated heterocycles. The summed E-state index contributed by atoms with van der Waals surface area (Å²) in [5.41, 5.74) is 1.74. The minimum atomic E-state index is -0.295. The molecule has 0 spiro atoms. The van der Waals surface area contributed by atoms with E-state index in [9.17, 15) is 19.2 Å². The number of carbonyl (C=O) groups is 4. The van der Waals surface area contributed by atoms with E-state index in [1.54, 1.807) is 24.3 Å². The number of hydrogen-bond donors (Lipinski definition) is 0. The summed E-state index contributed by atoms with van der Waals surface area (Å²) in [6.45, 7) is 2.22. The fraction of sp³-hybridized carbons (Fsp3) is 0.548. The molecule has 6 nitrogen and oxygen atoms in total. The first-order valence-electron chi connectivity index (χ1n) is 14.4. The van der Waals surface area contributed by atoms with Crippen LogP contribution in [0.1, 0.15) is 132 Å². The Labute approximate surface area is 218 Å². The van der Waals surface area contributed by atoms with E-state index in [1.165, 1.54) is 35.5 Å². The summed E-state index contributed by atoms with van der Waals surface area (Å²) in [7, 11) is 0. The van der Waals surface area contributed by atoms with E-state index in [2.05, 4.69) is 6.92 Å². The Morgan fingerprint density at radius 2 is 1.03 bits per heavy atom. The monoisotopic (exact) mass is 500 g/mol. The summed E-state index contributed by atoms with van der Waals surface area (Å²) in [6.07, 6.45) is 13.6. The average molecular weight is 501 g/mol. The minimum Gasteiger partial charge on any atom is -0.271 e. The van der Waals surface area contributed by atoms with Crippen LogP contribution in [0, 0.1) is 5.92 Å². The van der Waals surface area contributed by atoms with Gasteiger partial charge in [-0.05, 0) is 68.7 Å². The second-order valence-corrected chi connectivity index (χ2v) is 11.5. The van der Waals surface area contributed by atoms with E-state index in [0.717, 1.165) is 57.8 Å². The summed E-state index contributed by atoms with van der Waals surface area (Å²) >= 11 is 0. The van der Waals surface area contributed by atoms with Crippen LogP contribution >= 0.6 is 0 Å². The molecule has 2 aromatic carbocycles. The zero-order valence-corrected chi connectivity index (χ0v) is 21.8. The molecular formula is C31H36N2O4. The number of hydrogen-bond acceptors (Lipinski definition) is 4. The maximum atomic E-state index is 13.7. The van der Waals surface area contributed by atoms with E-state index in [-0.39, 0.29) is 35.7 Å². The lowest BCUT2D eigenvalue weighted by atomic mass is 9.80. The number of rotatable bonds is 6. The molecule has 2 aliphatic carbocycles. The molecule has 2 aliphatic heterocycles. The SMILES string of the molecule is CCCCCC1CCC(N2C(=O)c3ccc4c5c(ccc(c35)C2=O)C(=O)N(C2CCCCC2)C4=O)CC1. The summed E-state index contributed by atoms with van der Waals surface area (Å²) < 4.78 is 0. The van der Waals surface area contributed by atoms with Gasteiger partial charge in [-0.15, -0.1) is 0 Å². The zero-order chi connectivity index (χ0) is 25.7. The van der Waals surface area contributed by atoms with Crippen molar-refractivity contribution in [2.24, 2.45) is 5.92 Å². The van der Waals surface area contributed by atoms with Crippen molar-refractivity contribution in [3.8, 4) is 0 Å². The maximum absolute atomic E-state index is 13.7. The van der Waals surface area contributed by atoms with Gasteiger partial charge in [-0.25, -0.2) is 0 Å². The van der Waals surface area contributed by atoms with Crippen LogP contribution in [-0.4, -0.2) is 45.5 Å². The van der Waals surface area contributed by atoms with Gasteiger partial charge >= 0.3 is 0 Å². The van der Waals surface area contributed by atoms with Crippen molar-refractivity contribution >= 4 is 34.4 Å². The van der Waals surface area contributed by atoms with Gasteiger partial charge in [0.2, 0.25) is 0 Å². The largest absolute Gasteiger partial charge is 0.271 e. The van der Waals surface area contributed by atoms with Crippen molar-refractivity contribution in [1.82, 2.24) is 9.80 Å². The van der Waals surface area contributed by atoms with Crippen molar-refractivity contribution in [3.63, 3.8) is 0 Å². The number of unbranched alkanes of at least 4 members (excludes halogenated alkanes) is 2. The topological polar surface area (TPSA) is 74.8 Å². The summed E-state index contributed by atoms with van der Waals surface area (Å²) in [4.78, 5) is 57.5. The van der Waals surface area contributed by atoms with Gasteiger partial charge in [-0.1, -0.05) is 51.9 Å². The lowest BCUT2D eigenvalue weighted by Crippen LogP contribution is -2.50. The molecule has 0 radical (unpaired) electrons. The molecule has 4 amide bonds. The van der Waals surface area contributed by atoms with E-state index in [1.807, 2.05) is 0 Å². The predicted molar refractivity (Wildman–Crippen MR) is 142 cm³/mol. The van der Waals surface area contributed by atoms with E-state index in [4.69, 9.17) is 0 Å². The summed E-state index contributed by atoms with van der Waals surface area (Å²) in [5.74, 6) is -0.482. The van der Waals surface area contributed by atoms with Crippen molar-refractivity contribution in [2.75, 3.05) is 0 Å². The fourth-order valence-corrected chi connectivity index (χ4v) is 7.29. The fourth-order valence-electron chi connectivity index (χ4n) is 7.29. The predicted octanol–water partition coefficient (Wildman–Crippen LogP) is 6.50. The number of carbonyl (C=O) groups excluding carboxylic acids is 4. The minimum absolute atomic E-state index is 0.0833. The molecule has 2 fully saturated rings. The van der Waals surface area contributed by atoms with Gasteiger partial charge in [0.25, 0.3) is 23.6 Å². The highest BCUT2D eigenvalue weighted by atomic mass is 16.2. The second-order valence-electron chi connectivity index (χ2n) is 11.5. The molecule has 2 aromatic rings. The van der Waals surface area contributed by atoms with Crippen molar-refractivity contribution < 1.29 is 19.2 Å². The molecule has 6 rings (SSSR count). The highest BCUT2D eigenvalue weighted by molar-refractivity contribution is 6.33. The number of imide groups is 2. The highest BCUT2D eigenvalue weighted by Crippen LogP contribution is 2.41. The lowest BCUT2D eigenvalue weighted by molar-refractivity contribution is 0.0468. The first-order chi connectivity index (χ1) is 18.0. The Balaban J connectivity index is 1.32. The summed E-state index contributed by atoms with van der Waals surface area (Å²) in [5, 5.41) is 0.970. The van der Waals surface area contributed by atoms with Crippen LogP contribution < -0.4 is 0 Å². The molecule has 4 aliphatic rings. The molecule has 6 heteroatoms. The van der Waals surface area contributed by atoms with Crippen molar-refractivity contribution in [2.45, 2.75) is 102 Å². The number of amides is 4. The van der Waals surface area contributed by atoms with Gasteiger partial charge < -0.3 is 0 Å². The van der Waals surface area contributed by atoms with Crippen LogP contribution in [0.15, 0.2) is 24.3 Å². The van der Waals surface area contributed by atoms with Crippen molar-refractivity contribution in [3.05, 3.63) is 46.5 Å². The van der Waals surface area contributed by atoms with Crippen LogP contribution in [0.25, 0.3) is 10.8 Å².